The van der Waals surface area contributed by atoms with Crippen LogP contribution in [-0.2, 0) is 13.1 Å². The van der Waals surface area contributed by atoms with Gasteiger partial charge < -0.3 is 5.32 Å². The summed E-state index contributed by atoms with van der Waals surface area (Å²) in [5, 5.41) is 12.1. The standard InChI is InChI=1S/C17H18ClN5O/c1-3-22-15(8-9-19-22)17(24)20-16-10-12(2)23(21-16)11-13-4-6-14(18)7-5-13/h4-10H,3,11H2,1-2H3,(H,20,21,24). The zero-order valence-corrected chi connectivity index (χ0v) is 14.3. The van der Waals surface area contributed by atoms with Crippen LogP contribution in [0.4, 0.5) is 5.82 Å². The number of rotatable bonds is 5. The number of nitrogens with zero attached hydrogens (tertiary/aromatic N) is 4. The summed E-state index contributed by atoms with van der Waals surface area (Å²) in [6.07, 6.45) is 1.61. The molecule has 0 saturated heterocycles. The highest BCUT2D eigenvalue weighted by Gasteiger charge is 2.13. The van der Waals surface area contributed by atoms with Gasteiger partial charge in [-0.3, -0.25) is 14.2 Å². The summed E-state index contributed by atoms with van der Waals surface area (Å²) < 4.78 is 3.49. The number of anilines is 1. The van der Waals surface area contributed by atoms with E-state index in [1.165, 1.54) is 0 Å². The van der Waals surface area contributed by atoms with Crippen LogP contribution in [0.3, 0.4) is 0 Å². The average Bonchev–Trinajstić information content (AvgIpc) is 3.16. The fraction of sp³-hybridized carbons (Fsp3) is 0.235. The molecule has 0 aliphatic carbocycles. The van der Waals surface area contributed by atoms with Crippen LogP contribution in [-0.4, -0.2) is 25.5 Å². The van der Waals surface area contributed by atoms with Crippen molar-refractivity contribution in [3.05, 3.63) is 64.6 Å². The Kier molecular flexibility index (Phi) is 4.66. The number of hydrogen-bond acceptors (Lipinski definition) is 3. The van der Waals surface area contributed by atoms with Crippen molar-refractivity contribution in [3.8, 4) is 0 Å². The molecule has 0 unspecified atom stereocenters. The molecule has 0 radical (unpaired) electrons. The van der Waals surface area contributed by atoms with Crippen LogP contribution in [0.1, 0.15) is 28.7 Å². The molecule has 124 valence electrons. The Morgan fingerprint density at radius 1 is 1.21 bits per heavy atom. The molecule has 3 rings (SSSR count). The molecule has 0 saturated carbocycles. The van der Waals surface area contributed by atoms with Crippen molar-refractivity contribution in [2.75, 3.05) is 5.32 Å². The van der Waals surface area contributed by atoms with Crippen LogP contribution in [0.2, 0.25) is 5.02 Å². The lowest BCUT2D eigenvalue weighted by molar-refractivity contribution is 0.101. The van der Waals surface area contributed by atoms with Crippen LogP contribution < -0.4 is 5.32 Å². The number of halogens is 1. The molecule has 0 spiro atoms. The predicted molar refractivity (Wildman–Crippen MR) is 93.4 cm³/mol. The van der Waals surface area contributed by atoms with E-state index >= 15 is 0 Å². The van der Waals surface area contributed by atoms with Crippen LogP contribution in [0, 0.1) is 6.92 Å². The molecule has 2 aromatic heterocycles. The summed E-state index contributed by atoms with van der Waals surface area (Å²) in [7, 11) is 0. The van der Waals surface area contributed by atoms with Crippen LogP contribution in [0.25, 0.3) is 0 Å². The highest BCUT2D eigenvalue weighted by atomic mass is 35.5. The minimum Gasteiger partial charge on any atom is -0.304 e. The minimum absolute atomic E-state index is 0.217. The van der Waals surface area contributed by atoms with E-state index < -0.39 is 0 Å². The Morgan fingerprint density at radius 3 is 2.67 bits per heavy atom. The van der Waals surface area contributed by atoms with Gasteiger partial charge in [0.1, 0.15) is 5.69 Å². The quantitative estimate of drug-likeness (QED) is 0.772. The Hall–Kier alpha value is -2.60. The largest absolute Gasteiger partial charge is 0.304 e. The van der Waals surface area contributed by atoms with Crippen LogP contribution in [0.5, 0.6) is 0 Å². The normalized spacial score (nSPS) is 10.8. The Morgan fingerprint density at radius 2 is 1.96 bits per heavy atom. The van der Waals surface area contributed by atoms with Crippen molar-refractivity contribution in [1.29, 1.82) is 0 Å². The average molecular weight is 344 g/mol. The predicted octanol–water partition coefficient (Wildman–Crippen LogP) is 3.36. The maximum Gasteiger partial charge on any atom is 0.275 e. The topological polar surface area (TPSA) is 64.7 Å². The second kappa shape index (κ2) is 6.88. The summed E-state index contributed by atoms with van der Waals surface area (Å²) in [4.78, 5) is 12.3. The summed E-state index contributed by atoms with van der Waals surface area (Å²) >= 11 is 5.90. The van der Waals surface area contributed by atoms with Crippen molar-refractivity contribution >= 4 is 23.3 Å². The second-order valence-electron chi connectivity index (χ2n) is 5.44. The van der Waals surface area contributed by atoms with E-state index in [0.717, 1.165) is 11.3 Å². The van der Waals surface area contributed by atoms with E-state index in [1.807, 2.05) is 48.9 Å². The number of aryl methyl sites for hydroxylation is 2. The second-order valence-corrected chi connectivity index (χ2v) is 5.88. The lowest BCUT2D eigenvalue weighted by Crippen LogP contribution is -2.17. The Labute approximate surface area is 145 Å². The first-order valence-electron chi connectivity index (χ1n) is 7.69. The van der Waals surface area contributed by atoms with Gasteiger partial charge in [0.2, 0.25) is 0 Å². The molecule has 0 fully saturated rings. The monoisotopic (exact) mass is 343 g/mol. The fourth-order valence-corrected chi connectivity index (χ4v) is 2.58. The number of hydrogen-bond donors (Lipinski definition) is 1. The zero-order valence-electron chi connectivity index (χ0n) is 13.5. The molecule has 0 atom stereocenters. The first-order valence-corrected chi connectivity index (χ1v) is 8.06. The maximum absolute atomic E-state index is 12.3. The van der Waals surface area contributed by atoms with E-state index in [0.29, 0.717) is 29.6 Å². The van der Waals surface area contributed by atoms with E-state index in [2.05, 4.69) is 15.5 Å². The SMILES string of the molecule is CCn1nccc1C(=O)Nc1cc(C)n(Cc2ccc(Cl)cc2)n1. The van der Waals surface area contributed by atoms with Crippen molar-refractivity contribution in [1.82, 2.24) is 19.6 Å². The lowest BCUT2D eigenvalue weighted by atomic mass is 10.2. The summed E-state index contributed by atoms with van der Waals surface area (Å²) in [6, 6.07) is 11.2. The zero-order chi connectivity index (χ0) is 17.1. The number of amides is 1. The number of benzene rings is 1. The highest BCUT2D eigenvalue weighted by Crippen LogP contribution is 2.14. The number of carbonyl (C=O) groups is 1. The van der Waals surface area contributed by atoms with E-state index in [-0.39, 0.29) is 5.91 Å². The van der Waals surface area contributed by atoms with E-state index in [4.69, 9.17) is 11.6 Å². The molecule has 1 N–H and O–H groups in total. The van der Waals surface area contributed by atoms with E-state index in [9.17, 15) is 4.79 Å². The summed E-state index contributed by atoms with van der Waals surface area (Å²) in [6.45, 7) is 5.15. The van der Waals surface area contributed by atoms with Gasteiger partial charge in [-0.05, 0) is 37.6 Å². The van der Waals surface area contributed by atoms with Crippen molar-refractivity contribution in [2.45, 2.75) is 26.9 Å². The molecular formula is C17H18ClN5O. The molecule has 0 aliphatic heterocycles. The van der Waals surface area contributed by atoms with Gasteiger partial charge in [-0.2, -0.15) is 10.2 Å². The number of carbonyl (C=O) groups excluding carboxylic acids is 1. The van der Waals surface area contributed by atoms with Crippen LogP contribution >= 0.6 is 11.6 Å². The number of aromatic nitrogens is 4. The smallest absolute Gasteiger partial charge is 0.275 e. The van der Waals surface area contributed by atoms with Crippen molar-refractivity contribution in [3.63, 3.8) is 0 Å². The van der Waals surface area contributed by atoms with Crippen molar-refractivity contribution in [2.24, 2.45) is 0 Å². The van der Waals surface area contributed by atoms with Gasteiger partial charge in [-0.25, -0.2) is 0 Å². The molecule has 2 heterocycles. The van der Waals surface area contributed by atoms with Crippen LogP contribution in [0.15, 0.2) is 42.6 Å². The molecule has 7 heteroatoms. The third-order valence-corrected chi connectivity index (χ3v) is 3.97. The molecule has 24 heavy (non-hydrogen) atoms. The van der Waals surface area contributed by atoms with Gasteiger partial charge in [-0.15, -0.1) is 0 Å². The van der Waals surface area contributed by atoms with Gasteiger partial charge in [0.05, 0.1) is 6.54 Å². The summed E-state index contributed by atoms with van der Waals surface area (Å²) in [5.41, 5.74) is 2.57. The van der Waals surface area contributed by atoms with Gasteiger partial charge in [-0.1, -0.05) is 23.7 Å². The third kappa shape index (κ3) is 3.49. The molecular weight excluding hydrogens is 326 g/mol. The third-order valence-electron chi connectivity index (χ3n) is 3.72. The first kappa shape index (κ1) is 16.3. The fourth-order valence-electron chi connectivity index (χ4n) is 2.45. The van der Waals surface area contributed by atoms with Gasteiger partial charge >= 0.3 is 0 Å². The van der Waals surface area contributed by atoms with E-state index in [1.54, 1.807) is 16.9 Å². The molecule has 0 bridgehead atoms. The Bertz CT molecular complexity index is 850. The van der Waals surface area contributed by atoms with Gasteiger partial charge in [0.15, 0.2) is 5.82 Å². The van der Waals surface area contributed by atoms with Gasteiger partial charge in [0.25, 0.3) is 5.91 Å². The van der Waals surface area contributed by atoms with Gasteiger partial charge in [0, 0.05) is 29.5 Å². The lowest BCUT2D eigenvalue weighted by Gasteiger charge is -2.05. The highest BCUT2D eigenvalue weighted by molar-refractivity contribution is 6.30. The molecule has 1 amide bonds. The minimum atomic E-state index is -0.217. The molecule has 3 aromatic rings. The molecule has 1 aromatic carbocycles. The molecule has 6 nitrogen and oxygen atoms in total. The van der Waals surface area contributed by atoms with Crippen molar-refractivity contribution < 1.29 is 4.79 Å². The molecule has 0 aliphatic rings. The Balaban J connectivity index is 1.74. The summed E-state index contributed by atoms with van der Waals surface area (Å²) in [5.74, 6) is 0.306. The number of nitrogens with one attached hydrogen (secondary N) is 1. The first-order chi connectivity index (χ1) is 11.6. The maximum atomic E-state index is 12.3.